The summed E-state index contributed by atoms with van der Waals surface area (Å²) >= 11 is 0. The van der Waals surface area contributed by atoms with Gasteiger partial charge in [0.1, 0.15) is 11.8 Å². The Morgan fingerprint density at radius 1 is 1.19 bits per heavy atom. The van der Waals surface area contributed by atoms with Gasteiger partial charge in [0.15, 0.2) is 11.6 Å². The van der Waals surface area contributed by atoms with Crippen LogP contribution in [0.15, 0.2) is 39.8 Å². The molecule has 2 fully saturated rings. The lowest BCUT2D eigenvalue weighted by atomic mass is 10.1. The molecule has 1 aliphatic heterocycles. The van der Waals surface area contributed by atoms with Gasteiger partial charge in [-0.05, 0) is 43.7 Å². The molecule has 0 aromatic carbocycles. The summed E-state index contributed by atoms with van der Waals surface area (Å²) in [5.74, 6) is 2.71. The van der Waals surface area contributed by atoms with Gasteiger partial charge in [0.05, 0.1) is 19.5 Å². The first-order valence-corrected chi connectivity index (χ1v) is 11.5. The minimum atomic E-state index is -0.217. The molecular formula is C23H29N5O4. The van der Waals surface area contributed by atoms with Crippen LogP contribution < -0.4 is 0 Å². The Morgan fingerprint density at radius 2 is 2.09 bits per heavy atom. The quantitative estimate of drug-likeness (QED) is 0.469. The van der Waals surface area contributed by atoms with Crippen molar-refractivity contribution in [2.24, 2.45) is 5.92 Å². The minimum absolute atomic E-state index is 0.149. The minimum Gasteiger partial charge on any atom is -0.454 e. The van der Waals surface area contributed by atoms with E-state index in [1.54, 1.807) is 23.5 Å². The van der Waals surface area contributed by atoms with E-state index in [0.29, 0.717) is 55.3 Å². The van der Waals surface area contributed by atoms with Gasteiger partial charge in [0.25, 0.3) is 5.91 Å². The van der Waals surface area contributed by atoms with Crippen LogP contribution in [0, 0.1) is 5.92 Å². The number of ether oxygens (including phenoxy) is 1. The van der Waals surface area contributed by atoms with Crippen LogP contribution in [0.1, 0.15) is 72.6 Å². The summed E-state index contributed by atoms with van der Waals surface area (Å²) in [6.45, 7) is 2.59. The molecular weight excluding hydrogens is 410 g/mol. The molecule has 4 heterocycles. The highest BCUT2D eigenvalue weighted by Crippen LogP contribution is 2.32. The number of furan rings is 1. The molecule has 5 rings (SSSR count). The molecule has 0 radical (unpaired) electrons. The number of carbonyl (C=O) groups excluding carboxylic acids is 1. The molecule has 3 aromatic heterocycles. The number of rotatable bonds is 9. The third kappa shape index (κ3) is 4.77. The summed E-state index contributed by atoms with van der Waals surface area (Å²) < 4.78 is 19.0. The zero-order chi connectivity index (χ0) is 21.8. The molecule has 1 amide bonds. The summed E-state index contributed by atoms with van der Waals surface area (Å²) in [4.78, 5) is 23.4. The van der Waals surface area contributed by atoms with Crippen molar-refractivity contribution in [2.75, 3.05) is 19.8 Å². The van der Waals surface area contributed by atoms with Crippen LogP contribution in [0.5, 0.6) is 0 Å². The third-order valence-electron chi connectivity index (χ3n) is 6.35. The van der Waals surface area contributed by atoms with E-state index in [1.165, 1.54) is 25.7 Å². The molecule has 9 nitrogen and oxygen atoms in total. The van der Waals surface area contributed by atoms with Gasteiger partial charge >= 0.3 is 0 Å². The zero-order valence-corrected chi connectivity index (χ0v) is 18.2. The fourth-order valence-electron chi connectivity index (χ4n) is 4.64. The summed E-state index contributed by atoms with van der Waals surface area (Å²) in [5.41, 5.74) is 0. The van der Waals surface area contributed by atoms with Gasteiger partial charge in [-0.25, -0.2) is 4.98 Å². The molecule has 1 saturated carbocycles. The summed E-state index contributed by atoms with van der Waals surface area (Å²) in [5, 5.41) is 4.11. The van der Waals surface area contributed by atoms with Crippen LogP contribution in [0.2, 0.25) is 0 Å². The smallest absolute Gasteiger partial charge is 0.290 e. The second-order valence-corrected chi connectivity index (χ2v) is 8.68. The average Bonchev–Trinajstić information content (AvgIpc) is 3.60. The Labute approximate surface area is 186 Å². The van der Waals surface area contributed by atoms with Gasteiger partial charge in [-0.3, -0.25) is 4.79 Å². The van der Waals surface area contributed by atoms with Crippen molar-refractivity contribution in [3.8, 4) is 0 Å². The Balaban J connectivity index is 1.16. The van der Waals surface area contributed by atoms with E-state index in [-0.39, 0.29) is 11.9 Å². The van der Waals surface area contributed by atoms with Crippen molar-refractivity contribution < 1.29 is 18.5 Å². The lowest BCUT2D eigenvalue weighted by Crippen LogP contribution is -2.30. The Bertz CT molecular complexity index is 1010. The predicted molar refractivity (Wildman–Crippen MR) is 114 cm³/mol. The van der Waals surface area contributed by atoms with Crippen LogP contribution in [-0.2, 0) is 17.7 Å². The lowest BCUT2D eigenvalue weighted by molar-refractivity contribution is 0.0675. The van der Waals surface area contributed by atoms with Gasteiger partial charge in [0, 0.05) is 32.0 Å². The first-order chi connectivity index (χ1) is 15.8. The molecule has 1 saturated heterocycles. The topological polar surface area (TPSA) is 99.4 Å². The number of aromatic nitrogens is 4. The Hall–Kier alpha value is -2.94. The molecule has 0 spiro atoms. The summed E-state index contributed by atoms with van der Waals surface area (Å²) in [6.07, 6.45) is 12.8. The van der Waals surface area contributed by atoms with E-state index in [9.17, 15) is 4.79 Å². The molecule has 2 aliphatic rings. The van der Waals surface area contributed by atoms with Crippen molar-refractivity contribution in [1.29, 1.82) is 0 Å². The highest BCUT2D eigenvalue weighted by Gasteiger charge is 2.35. The SMILES string of the molecule is O=C(c1ccc(Cn2ccnc2)o1)N1CCCC1c1nc(CCOCC2CCCC2)no1. The van der Waals surface area contributed by atoms with Gasteiger partial charge in [-0.15, -0.1) is 0 Å². The number of nitrogens with zero attached hydrogens (tertiary/aromatic N) is 5. The largest absolute Gasteiger partial charge is 0.454 e. The average molecular weight is 440 g/mol. The van der Waals surface area contributed by atoms with Crippen molar-refractivity contribution in [3.63, 3.8) is 0 Å². The lowest BCUT2D eigenvalue weighted by Gasteiger charge is -2.20. The van der Waals surface area contributed by atoms with Crippen LogP contribution in [0.25, 0.3) is 0 Å². The van der Waals surface area contributed by atoms with Gasteiger partial charge in [-0.1, -0.05) is 18.0 Å². The van der Waals surface area contributed by atoms with Crippen LogP contribution in [-0.4, -0.2) is 50.3 Å². The van der Waals surface area contributed by atoms with Crippen molar-refractivity contribution >= 4 is 5.91 Å². The van der Waals surface area contributed by atoms with Crippen molar-refractivity contribution in [3.05, 3.63) is 54.1 Å². The summed E-state index contributed by atoms with van der Waals surface area (Å²) in [6, 6.07) is 3.34. The Morgan fingerprint density at radius 3 is 2.94 bits per heavy atom. The van der Waals surface area contributed by atoms with Crippen LogP contribution >= 0.6 is 0 Å². The van der Waals surface area contributed by atoms with Gasteiger partial charge in [0.2, 0.25) is 5.89 Å². The molecule has 1 unspecified atom stereocenters. The van der Waals surface area contributed by atoms with E-state index < -0.39 is 0 Å². The fourth-order valence-corrected chi connectivity index (χ4v) is 4.64. The van der Waals surface area contributed by atoms with E-state index >= 15 is 0 Å². The standard InChI is InChI=1S/C23H29N5O4/c29-23(20-8-7-18(31-20)14-27-12-10-24-16-27)28-11-3-6-19(28)22-25-21(26-32-22)9-13-30-15-17-4-1-2-5-17/h7-8,10,12,16-17,19H,1-6,9,11,13-15H2. The van der Waals surface area contributed by atoms with E-state index in [0.717, 1.165) is 19.4 Å². The second-order valence-electron chi connectivity index (χ2n) is 8.68. The highest BCUT2D eigenvalue weighted by atomic mass is 16.5. The monoisotopic (exact) mass is 439 g/mol. The molecule has 0 bridgehead atoms. The molecule has 3 aromatic rings. The number of hydrogen-bond donors (Lipinski definition) is 0. The van der Waals surface area contributed by atoms with Gasteiger partial charge < -0.3 is 23.1 Å². The van der Waals surface area contributed by atoms with Crippen LogP contribution in [0.4, 0.5) is 0 Å². The number of carbonyl (C=O) groups is 1. The normalized spacial score (nSPS) is 19.2. The molecule has 32 heavy (non-hydrogen) atoms. The van der Waals surface area contributed by atoms with E-state index in [4.69, 9.17) is 13.7 Å². The first-order valence-electron chi connectivity index (χ1n) is 11.5. The van der Waals surface area contributed by atoms with Crippen LogP contribution in [0.3, 0.4) is 0 Å². The molecule has 1 atom stereocenters. The van der Waals surface area contributed by atoms with Crippen molar-refractivity contribution in [2.45, 2.75) is 57.5 Å². The number of imidazole rings is 1. The Kier molecular flexibility index (Phi) is 6.34. The van der Waals surface area contributed by atoms with Crippen molar-refractivity contribution in [1.82, 2.24) is 24.6 Å². The van der Waals surface area contributed by atoms with E-state index in [2.05, 4.69) is 15.1 Å². The fraction of sp³-hybridized carbons (Fsp3) is 0.565. The molecule has 1 aliphatic carbocycles. The number of amides is 1. The molecule has 170 valence electrons. The van der Waals surface area contributed by atoms with E-state index in [1.807, 2.05) is 16.8 Å². The molecule has 0 N–H and O–H groups in total. The second kappa shape index (κ2) is 9.68. The third-order valence-corrected chi connectivity index (χ3v) is 6.35. The summed E-state index contributed by atoms with van der Waals surface area (Å²) in [7, 11) is 0. The maximum atomic E-state index is 13.1. The number of hydrogen-bond acceptors (Lipinski definition) is 7. The molecule has 9 heteroatoms. The maximum absolute atomic E-state index is 13.1. The number of likely N-dealkylation sites (tertiary alicyclic amines) is 1. The van der Waals surface area contributed by atoms with Gasteiger partial charge in [-0.2, -0.15) is 4.98 Å². The zero-order valence-electron chi connectivity index (χ0n) is 18.2. The first kappa shape index (κ1) is 20.9. The maximum Gasteiger partial charge on any atom is 0.290 e. The predicted octanol–water partition coefficient (Wildman–Crippen LogP) is 3.63. The highest BCUT2D eigenvalue weighted by molar-refractivity contribution is 5.92.